The first-order valence-corrected chi connectivity index (χ1v) is 10.3. The number of hydrogen-bond acceptors (Lipinski definition) is 10. The van der Waals surface area contributed by atoms with Gasteiger partial charge in [0.2, 0.25) is 0 Å². The maximum Gasteiger partial charge on any atom is 0.469 e. The topological polar surface area (TPSA) is 244 Å². The molecule has 15 nitrogen and oxygen atoms in total. The number of nitrogen functional groups attached to an aromatic ring is 1. The van der Waals surface area contributed by atoms with E-state index < -0.39 is 45.8 Å². The van der Waals surface area contributed by atoms with Gasteiger partial charge in [0.15, 0.2) is 11.5 Å². The molecule has 0 saturated carbocycles. The maximum absolute atomic E-state index is 12.3. The third-order valence-corrected chi connectivity index (χ3v) is 5.85. The molecular weight excluding hydrogens is 412 g/mol. The Morgan fingerprint density at radius 3 is 2.48 bits per heavy atom. The molecule has 1 fully saturated rings. The van der Waals surface area contributed by atoms with Crippen molar-refractivity contribution in [2.24, 2.45) is 0 Å². The van der Waals surface area contributed by atoms with E-state index in [1.165, 1.54) is 0 Å². The summed E-state index contributed by atoms with van der Waals surface area (Å²) in [6, 6.07) is 0. The molecule has 0 aromatic carbocycles. The summed E-state index contributed by atoms with van der Waals surface area (Å²) in [6.45, 7) is -0.964. The summed E-state index contributed by atoms with van der Waals surface area (Å²) >= 11 is 0. The van der Waals surface area contributed by atoms with Gasteiger partial charge in [0.25, 0.3) is 5.47 Å². The average molecular weight is 427 g/mol. The molecule has 1 saturated heterocycles. The predicted molar refractivity (Wildman–Crippen MR) is 84.6 cm³/mol. The van der Waals surface area contributed by atoms with E-state index in [0.717, 1.165) is 12.7 Å². The van der Waals surface area contributed by atoms with Crippen molar-refractivity contribution in [2.45, 2.75) is 23.8 Å². The lowest BCUT2D eigenvalue weighted by molar-refractivity contribution is -0.0977. The SMILES string of the molecule is Nc1ncnc2c1ncn2[C@]1(P(=O)(O)O)O[C@H](COP(=O)(O)O)[C@@H](O)[C@H]1O. The zero-order valence-electron chi connectivity index (χ0n) is 13.2. The average Bonchev–Trinajstić information content (AvgIpc) is 3.07. The Morgan fingerprint density at radius 2 is 1.89 bits per heavy atom. The number of aliphatic hydroxyl groups excluding tert-OH is 2. The van der Waals surface area contributed by atoms with Gasteiger partial charge in [-0.15, -0.1) is 0 Å². The van der Waals surface area contributed by atoms with Crippen LogP contribution < -0.4 is 5.73 Å². The second-order valence-electron chi connectivity index (χ2n) is 5.63. The lowest BCUT2D eigenvalue weighted by atomic mass is 10.1. The van der Waals surface area contributed by atoms with Crippen LogP contribution in [-0.4, -0.2) is 74.2 Å². The first-order chi connectivity index (χ1) is 12.4. The second kappa shape index (κ2) is 6.53. The molecule has 17 heteroatoms. The van der Waals surface area contributed by atoms with Gasteiger partial charge in [0.05, 0.1) is 6.61 Å². The van der Waals surface area contributed by atoms with Crippen molar-refractivity contribution < 1.29 is 48.2 Å². The zero-order valence-corrected chi connectivity index (χ0v) is 15.0. The summed E-state index contributed by atoms with van der Waals surface area (Å²) in [5.41, 5.74) is 2.46. The smallest absolute Gasteiger partial charge is 0.387 e. The number of phosphoric ester groups is 1. The maximum atomic E-state index is 12.3. The van der Waals surface area contributed by atoms with Crippen LogP contribution in [0.2, 0.25) is 0 Å². The van der Waals surface area contributed by atoms with Gasteiger partial charge in [-0.1, -0.05) is 0 Å². The molecule has 1 aliphatic rings. The van der Waals surface area contributed by atoms with Crippen LogP contribution >= 0.6 is 15.4 Å². The summed E-state index contributed by atoms with van der Waals surface area (Å²) in [6.07, 6.45) is -4.05. The fourth-order valence-corrected chi connectivity index (χ4v) is 4.30. The van der Waals surface area contributed by atoms with Gasteiger partial charge in [0, 0.05) is 0 Å². The van der Waals surface area contributed by atoms with Crippen LogP contribution in [0.1, 0.15) is 0 Å². The highest BCUT2D eigenvalue weighted by atomic mass is 31.2. The van der Waals surface area contributed by atoms with Gasteiger partial charge >= 0.3 is 15.4 Å². The van der Waals surface area contributed by atoms with Gasteiger partial charge in [-0.2, -0.15) is 0 Å². The van der Waals surface area contributed by atoms with Crippen molar-refractivity contribution in [3.05, 3.63) is 12.7 Å². The molecular formula is C10H15N5O10P2. The van der Waals surface area contributed by atoms with Crippen LogP contribution in [0.4, 0.5) is 5.82 Å². The minimum absolute atomic E-state index is 0.0504. The van der Waals surface area contributed by atoms with Gasteiger partial charge in [0.1, 0.15) is 36.5 Å². The number of nitrogens with zero attached hydrogens (tertiary/aromatic N) is 4. The number of anilines is 1. The van der Waals surface area contributed by atoms with Gasteiger partial charge in [-0.3, -0.25) is 13.7 Å². The Morgan fingerprint density at radius 1 is 1.22 bits per heavy atom. The summed E-state index contributed by atoms with van der Waals surface area (Å²) in [5, 5.41) is 20.5. The lowest BCUT2D eigenvalue weighted by Gasteiger charge is -2.33. The first kappa shape index (κ1) is 20.2. The van der Waals surface area contributed by atoms with Crippen molar-refractivity contribution in [2.75, 3.05) is 12.3 Å². The molecule has 0 spiro atoms. The van der Waals surface area contributed by atoms with E-state index in [1.54, 1.807) is 0 Å². The number of imidazole rings is 1. The molecule has 27 heavy (non-hydrogen) atoms. The molecule has 8 N–H and O–H groups in total. The van der Waals surface area contributed by atoms with Crippen LogP contribution in [0.25, 0.3) is 11.2 Å². The highest BCUT2D eigenvalue weighted by Gasteiger charge is 2.66. The van der Waals surface area contributed by atoms with E-state index in [0.29, 0.717) is 4.57 Å². The molecule has 1 aliphatic heterocycles. The van der Waals surface area contributed by atoms with E-state index in [4.69, 9.17) is 20.3 Å². The van der Waals surface area contributed by atoms with Crippen LogP contribution in [0.15, 0.2) is 12.7 Å². The summed E-state index contributed by atoms with van der Waals surface area (Å²) in [4.78, 5) is 48.7. The molecule has 0 unspecified atom stereocenters. The number of hydrogen-bond donors (Lipinski definition) is 7. The normalized spacial score (nSPS) is 29.5. The molecule has 0 radical (unpaired) electrons. The Hall–Kier alpha value is -1.51. The molecule has 2 aromatic heterocycles. The van der Waals surface area contributed by atoms with Crippen LogP contribution in [0.3, 0.4) is 0 Å². The van der Waals surface area contributed by atoms with Gasteiger partial charge in [-0.25, -0.2) is 19.5 Å². The molecule has 2 aromatic rings. The first-order valence-electron chi connectivity index (χ1n) is 7.12. The molecule has 3 heterocycles. The summed E-state index contributed by atoms with van der Waals surface area (Å²) in [7, 11) is -10.4. The number of ether oxygens (including phenoxy) is 1. The largest absolute Gasteiger partial charge is 0.469 e. The van der Waals surface area contributed by atoms with E-state index in [-0.39, 0.29) is 17.0 Å². The second-order valence-corrected chi connectivity index (χ2v) is 8.59. The molecule has 3 rings (SSSR count). The molecule has 0 bridgehead atoms. The predicted octanol–water partition coefficient (Wildman–Crippen LogP) is -2.57. The van der Waals surface area contributed by atoms with Gasteiger partial charge in [-0.05, 0) is 0 Å². The molecule has 150 valence electrons. The lowest BCUT2D eigenvalue weighted by Crippen LogP contribution is -2.45. The highest BCUT2D eigenvalue weighted by Crippen LogP contribution is 2.61. The minimum atomic E-state index is -5.41. The standard InChI is InChI=1S/C10H15N5O10P2/c11-8-5-9(13-2-12-8)15(3-14-5)10(26(18,19)20)7(17)6(16)4(25-10)1-24-27(21,22)23/h2-4,6-7,16-17H,1H2,(H2,11,12,13)(H2,18,19,20)(H2,21,22,23)/t4-,6-,7-,10+/m1/s1. The van der Waals surface area contributed by atoms with Crippen molar-refractivity contribution in [1.82, 2.24) is 19.5 Å². The van der Waals surface area contributed by atoms with Crippen molar-refractivity contribution >= 4 is 32.4 Å². The van der Waals surface area contributed by atoms with Crippen LogP contribution in [0.5, 0.6) is 0 Å². The Labute approximate surface area is 149 Å². The minimum Gasteiger partial charge on any atom is -0.387 e. The van der Waals surface area contributed by atoms with E-state index in [2.05, 4.69) is 19.5 Å². The summed E-state index contributed by atoms with van der Waals surface area (Å²) < 4.78 is 33.2. The quantitative estimate of drug-likeness (QED) is 0.242. The molecule has 0 aliphatic carbocycles. The van der Waals surface area contributed by atoms with Crippen molar-refractivity contribution in [1.29, 1.82) is 0 Å². The monoisotopic (exact) mass is 427 g/mol. The van der Waals surface area contributed by atoms with Gasteiger partial charge < -0.3 is 40.3 Å². The van der Waals surface area contributed by atoms with Crippen LogP contribution in [-0.2, 0) is 23.9 Å². The Balaban J connectivity index is 2.12. The zero-order chi connectivity index (χ0) is 20.2. The third-order valence-electron chi connectivity index (χ3n) is 3.95. The number of fused-ring (bicyclic) bond motifs is 1. The van der Waals surface area contributed by atoms with E-state index >= 15 is 0 Å². The summed E-state index contributed by atoms with van der Waals surface area (Å²) in [5.74, 6) is -0.117. The number of aliphatic hydroxyl groups is 2. The van der Waals surface area contributed by atoms with E-state index in [1.807, 2.05) is 0 Å². The number of phosphoric acid groups is 1. The fourth-order valence-electron chi connectivity index (χ4n) is 2.76. The Bertz CT molecular complexity index is 957. The number of nitrogens with two attached hydrogens (primary N) is 1. The fraction of sp³-hybridized carbons (Fsp3) is 0.500. The number of rotatable bonds is 5. The van der Waals surface area contributed by atoms with E-state index in [9.17, 15) is 29.1 Å². The highest BCUT2D eigenvalue weighted by molar-refractivity contribution is 7.52. The Kier molecular flexibility index (Phi) is 4.89. The van der Waals surface area contributed by atoms with Crippen LogP contribution in [0, 0.1) is 0 Å². The molecule has 0 amide bonds. The van der Waals surface area contributed by atoms with Crippen molar-refractivity contribution in [3.8, 4) is 0 Å². The molecule has 4 atom stereocenters. The number of aromatic nitrogens is 4. The van der Waals surface area contributed by atoms with Crippen molar-refractivity contribution in [3.63, 3.8) is 0 Å². The third kappa shape index (κ3) is 3.28.